The van der Waals surface area contributed by atoms with E-state index in [2.05, 4.69) is 14.7 Å². The molecule has 5 rings (SSSR count). The first-order chi connectivity index (χ1) is 22.0. The van der Waals surface area contributed by atoms with Crippen LogP contribution in [0.15, 0.2) is 30.3 Å². The Labute approximate surface area is 278 Å². The van der Waals surface area contributed by atoms with Crippen molar-refractivity contribution in [1.29, 1.82) is 0 Å². The van der Waals surface area contributed by atoms with E-state index >= 15 is 0 Å². The number of benzene rings is 2. The van der Waals surface area contributed by atoms with Gasteiger partial charge in [0.15, 0.2) is 17.3 Å². The molecule has 0 radical (unpaired) electrons. The van der Waals surface area contributed by atoms with Crippen molar-refractivity contribution in [2.75, 3.05) is 99.7 Å². The van der Waals surface area contributed by atoms with E-state index in [-0.39, 0.29) is 38.4 Å². The molecule has 3 heterocycles. The summed E-state index contributed by atoms with van der Waals surface area (Å²) in [5.41, 5.74) is -0.0863. The summed E-state index contributed by atoms with van der Waals surface area (Å²) in [6, 6.07) is 6.87. The monoisotopic (exact) mass is 676 g/mol. The van der Waals surface area contributed by atoms with Gasteiger partial charge in [-0.3, -0.25) is 4.79 Å². The summed E-state index contributed by atoms with van der Waals surface area (Å²) >= 11 is 12.9. The minimum Gasteiger partial charge on any atom is -0.409 e. The Hall–Kier alpha value is -3.62. The second kappa shape index (κ2) is 14.9. The number of nitrogens with zero attached hydrogens (tertiary/aromatic N) is 6. The van der Waals surface area contributed by atoms with Gasteiger partial charge in [-0.15, -0.1) is 0 Å². The highest BCUT2D eigenvalue weighted by atomic mass is 35.5. The molecule has 0 atom stereocenters. The molecule has 3 aliphatic heterocycles. The van der Waals surface area contributed by atoms with Crippen molar-refractivity contribution in [2.45, 2.75) is 0 Å². The minimum absolute atomic E-state index is 0.00375. The number of ether oxygens (including phenoxy) is 3. The molecule has 46 heavy (non-hydrogen) atoms. The van der Waals surface area contributed by atoms with Gasteiger partial charge in [0, 0.05) is 95.2 Å². The smallest absolute Gasteiger partial charge is 0.409 e. The highest BCUT2D eigenvalue weighted by Crippen LogP contribution is 2.37. The number of amides is 3. The third-order valence-corrected chi connectivity index (χ3v) is 8.89. The van der Waals surface area contributed by atoms with Crippen LogP contribution < -0.4 is 14.2 Å². The number of carbonyl (C=O) groups excluding carboxylic acids is 4. The lowest BCUT2D eigenvalue weighted by Gasteiger charge is -2.32. The van der Waals surface area contributed by atoms with Gasteiger partial charge < -0.3 is 43.6 Å². The number of hydrogen-bond donors (Lipinski definition) is 0. The van der Waals surface area contributed by atoms with Gasteiger partial charge in [0.2, 0.25) is 0 Å². The number of hydrogen-bond acceptors (Lipinski definition) is 10. The Morgan fingerprint density at radius 3 is 1.35 bits per heavy atom. The lowest BCUT2D eigenvalue weighted by molar-refractivity contribution is 0.102. The van der Waals surface area contributed by atoms with Gasteiger partial charge in [0.1, 0.15) is 5.75 Å². The van der Waals surface area contributed by atoms with Gasteiger partial charge in [-0.1, -0.05) is 23.2 Å². The fraction of sp³-hybridized carbons (Fsp3) is 0.484. The van der Waals surface area contributed by atoms with Crippen LogP contribution in [-0.4, -0.2) is 153 Å². The molecule has 0 bridgehead atoms. The summed E-state index contributed by atoms with van der Waals surface area (Å²) in [5.74, 6) is -0.906. The highest BCUT2D eigenvalue weighted by Gasteiger charge is 2.29. The average Bonchev–Trinajstić information content (AvgIpc) is 3.03. The topological polar surface area (TPSA) is 115 Å². The maximum atomic E-state index is 14.0. The predicted octanol–water partition coefficient (Wildman–Crippen LogP) is 3.46. The molecule has 3 fully saturated rings. The second-order valence-corrected chi connectivity index (χ2v) is 12.6. The van der Waals surface area contributed by atoms with Crippen LogP contribution in [0.5, 0.6) is 17.2 Å². The zero-order chi connectivity index (χ0) is 33.0. The molecule has 3 aliphatic rings. The van der Waals surface area contributed by atoms with Crippen LogP contribution in [0.2, 0.25) is 10.0 Å². The van der Waals surface area contributed by atoms with E-state index in [0.717, 1.165) is 0 Å². The second-order valence-electron chi connectivity index (χ2n) is 11.7. The summed E-state index contributed by atoms with van der Waals surface area (Å²) in [6.45, 7) is 6.82. The zero-order valence-corrected chi connectivity index (χ0v) is 27.7. The SMILES string of the molecule is CN1CCN(C(=O)Oc2cc(Cl)c(C(=O)c3cc(Cl)ccc3OC(=O)N3CCN(C)CC3)cc2OC(=O)N2CCN(C)CC2)CC1. The molecular formula is C31H38Cl2N6O7. The Morgan fingerprint density at radius 2 is 0.913 bits per heavy atom. The van der Waals surface area contributed by atoms with Crippen molar-refractivity contribution >= 4 is 47.3 Å². The third kappa shape index (κ3) is 8.20. The van der Waals surface area contributed by atoms with Crippen LogP contribution in [0.3, 0.4) is 0 Å². The van der Waals surface area contributed by atoms with Crippen LogP contribution >= 0.6 is 23.2 Å². The zero-order valence-electron chi connectivity index (χ0n) is 26.2. The summed E-state index contributed by atoms with van der Waals surface area (Å²) < 4.78 is 17.1. The van der Waals surface area contributed by atoms with E-state index in [4.69, 9.17) is 37.4 Å². The van der Waals surface area contributed by atoms with E-state index in [0.29, 0.717) is 78.5 Å². The first kappa shape index (κ1) is 33.7. The Bertz CT molecular complexity index is 1470. The van der Waals surface area contributed by atoms with Crippen molar-refractivity contribution < 1.29 is 33.4 Å². The maximum absolute atomic E-state index is 14.0. The molecule has 3 saturated heterocycles. The van der Waals surface area contributed by atoms with Crippen molar-refractivity contribution in [3.05, 3.63) is 51.5 Å². The van der Waals surface area contributed by atoms with Crippen LogP contribution in [0.1, 0.15) is 15.9 Å². The highest BCUT2D eigenvalue weighted by molar-refractivity contribution is 6.36. The molecule has 0 spiro atoms. The molecule has 3 amide bonds. The number of carbonyl (C=O) groups is 4. The minimum atomic E-state index is -0.657. The largest absolute Gasteiger partial charge is 0.415 e. The lowest BCUT2D eigenvalue weighted by Crippen LogP contribution is -2.48. The molecule has 248 valence electrons. The molecule has 0 unspecified atom stereocenters. The predicted molar refractivity (Wildman–Crippen MR) is 172 cm³/mol. The van der Waals surface area contributed by atoms with E-state index in [1.807, 2.05) is 21.1 Å². The lowest BCUT2D eigenvalue weighted by atomic mass is 10.0. The molecule has 0 saturated carbocycles. The van der Waals surface area contributed by atoms with Gasteiger partial charge >= 0.3 is 18.3 Å². The van der Waals surface area contributed by atoms with E-state index < -0.39 is 24.1 Å². The maximum Gasteiger partial charge on any atom is 0.415 e. The Kier molecular flexibility index (Phi) is 10.9. The van der Waals surface area contributed by atoms with Gasteiger partial charge in [-0.2, -0.15) is 0 Å². The normalized spacial score (nSPS) is 18.3. The Morgan fingerprint density at radius 1 is 0.522 bits per heavy atom. The van der Waals surface area contributed by atoms with Gasteiger partial charge in [0.05, 0.1) is 10.6 Å². The fourth-order valence-electron chi connectivity index (χ4n) is 5.23. The van der Waals surface area contributed by atoms with E-state index in [9.17, 15) is 19.2 Å². The van der Waals surface area contributed by atoms with Crippen LogP contribution in [0, 0.1) is 0 Å². The molecule has 0 aliphatic carbocycles. The van der Waals surface area contributed by atoms with E-state index in [1.54, 1.807) is 9.80 Å². The van der Waals surface area contributed by atoms with Crippen molar-refractivity contribution in [3.63, 3.8) is 0 Å². The molecule has 0 N–H and O–H groups in total. The quantitative estimate of drug-likeness (QED) is 0.436. The number of rotatable bonds is 5. The molecule has 2 aromatic carbocycles. The van der Waals surface area contributed by atoms with Crippen molar-refractivity contribution in [2.24, 2.45) is 0 Å². The summed E-state index contributed by atoms with van der Waals surface area (Å²) in [7, 11) is 5.90. The number of piperazine rings is 3. The summed E-state index contributed by atoms with van der Waals surface area (Å²) in [4.78, 5) is 64.2. The fourth-order valence-corrected chi connectivity index (χ4v) is 5.64. The Balaban J connectivity index is 1.43. The van der Waals surface area contributed by atoms with Crippen LogP contribution in [0.25, 0.3) is 0 Å². The summed E-state index contributed by atoms with van der Waals surface area (Å²) in [5, 5.41) is 0.167. The summed E-state index contributed by atoms with van der Waals surface area (Å²) in [6.07, 6.45) is -1.88. The number of ketones is 1. The van der Waals surface area contributed by atoms with Crippen LogP contribution in [0.4, 0.5) is 14.4 Å². The third-order valence-electron chi connectivity index (χ3n) is 8.34. The average molecular weight is 678 g/mol. The van der Waals surface area contributed by atoms with Crippen LogP contribution in [-0.2, 0) is 0 Å². The van der Waals surface area contributed by atoms with Gasteiger partial charge in [-0.25, -0.2) is 14.4 Å². The van der Waals surface area contributed by atoms with Gasteiger partial charge in [0.25, 0.3) is 0 Å². The number of halogens is 2. The molecule has 2 aromatic rings. The molecule has 0 aromatic heterocycles. The molecule has 13 nitrogen and oxygen atoms in total. The number of likely N-dealkylation sites (N-methyl/N-ethyl adjacent to an activating group) is 3. The van der Waals surface area contributed by atoms with E-state index in [1.165, 1.54) is 35.2 Å². The molecule has 15 heteroatoms. The molecular weight excluding hydrogens is 639 g/mol. The van der Waals surface area contributed by atoms with Crippen molar-refractivity contribution in [1.82, 2.24) is 29.4 Å². The van der Waals surface area contributed by atoms with Gasteiger partial charge in [-0.05, 0) is 45.4 Å². The first-order valence-corrected chi connectivity index (χ1v) is 15.9. The standard InChI is InChI=1S/C31H38Cl2N6O7/c1-34-6-12-37(13-7-34)29(41)44-25-5-4-21(32)18-23(25)28(40)22-19-26(45-30(42)38-14-8-35(2)9-15-38)27(20-24(22)33)46-31(43)39-16-10-36(3)11-17-39/h4-5,18-20H,6-17H2,1-3H3. The van der Waals surface area contributed by atoms with Crippen molar-refractivity contribution in [3.8, 4) is 17.2 Å². The first-order valence-electron chi connectivity index (χ1n) is 15.1.